The van der Waals surface area contributed by atoms with E-state index in [0.717, 1.165) is 30.8 Å². The fourth-order valence-corrected chi connectivity index (χ4v) is 3.39. The highest BCUT2D eigenvalue weighted by Gasteiger charge is 2.26. The van der Waals surface area contributed by atoms with Gasteiger partial charge in [-0.3, -0.25) is 19.9 Å². The Morgan fingerprint density at radius 2 is 2.15 bits per heavy atom. The van der Waals surface area contributed by atoms with Crippen molar-refractivity contribution in [3.63, 3.8) is 0 Å². The van der Waals surface area contributed by atoms with E-state index in [1.165, 1.54) is 32.1 Å². The second kappa shape index (κ2) is 5.89. The summed E-state index contributed by atoms with van der Waals surface area (Å²) in [4.78, 5) is 18.4. The van der Waals surface area contributed by atoms with Crippen LogP contribution < -0.4 is 5.48 Å². The van der Waals surface area contributed by atoms with Crippen molar-refractivity contribution in [3.05, 3.63) is 29.1 Å². The van der Waals surface area contributed by atoms with Crippen LogP contribution in [0.3, 0.4) is 0 Å². The molecule has 0 saturated heterocycles. The van der Waals surface area contributed by atoms with Gasteiger partial charge in [0.15, 0.2) is 0 Å². The fourth-order valence-electron chi connectivity index (χ4n) is 3.39. The molecule has 0 bridgehead atoms. The number of hydrogen-bond acceptors (Lipinski definition) is 4. The minimum absolute atomic E-state index is 0.428. The van der Waals surface area contributed by atoms with Crippen molar-refractivity contribution in [2.24, 2.45) is 0 Å². The lowest BCUT2D eigenvalue weighted by Gasteiger charge is -2.37. The molecule has 1 aliphatic heterocycles. The number of hydrogen-bond donors (Lipinski definition) is 2. The van der Waals surface area contributed by atoms with Gasteiger partial charge in [0.1, 0.15) is 0 Å². The van der Waals surface area contributed by atoms with E-state index < -0.39 is 5.91 Å². The first-order valence-corrected chi connectivity index (χ1v) is 7.44. The lowest BCUT2D eigenvalue weighted by atomic mass is 9.92. The number of carbonyl (C=O) groups is 1. The number of pyridine rings is 1. The molecule has 20 heavy (non-hydrogen) atoms. The van der Waals surface area contributed by atoms with Crippen LogP contribution in [0, 0.1) is 0 Å². The average Bonchev–Trinajstić information content (AvgIpc) is 2.54. The zero-order valence-electron chi connectivity index (χ0n) is 11.6. The number of nitrogens with zero attached hydrogens (tertiary/aromatic N) is 2. The third-order valence-corrected chi connectivity index (χ3v) is 4.52. The van der Waals surface area contributed by atoms with Gasteiger partial charge in [-0.2, -0.15) is 0 Å². The molecule has 0 unspecified atom stereocenters. The molecule has 5 heteroatoms. The molecule has 0 atom stereocenters. The molecule has 2 N–H and O–H groups in total. The maximum atomic E-state index is 11.5. The number of fused-ring (bicyclic) bond motifs is 1. The van der Waals surface area contributed by atoms with E-state index in [9.17, 15) is 4.79 Å². The minimum Gasteiger partial charge on any atom is -0.296 e. The maximum absolute atomic E-state index is 11.5. The molecule has 1 saturated carbocycles. The monoisotopic (exact) mass is 275 g/mol. The van der Waals surface area contributed by atoms with Gasteiger partial charge >= 0.3 is 0 Å². The highest BCUT2D eigenvalue weighted by atomic mass is 16.5. The summed E-state index contributed by atoms with van der Waals surface area (Å²) < 4.78 is 0. The molecule has 1 fully saturated rings. The Balaban J connectivity index is 1.76. The van der Waals surface area contributed by atoms with Crippen molar-refractivity contribution < 1.29 is 10.0 Å². The number of amides is 1. The second-order valence-corrected chi connectivity index (χ2v) is 5.78. The van der Waals surface area contributed by atoms with Crippen molar-refractivity contribution in [2.45, 2.75) is 51.1 Å². The molecule has 0 radical (unpaired) electrons. The SMILES string of the molecule is O=C(NO)c1cnc2c(c1)CN(C1CCCCC1)CC2. The third kappa shape index (κ3) is 2.69. The molecule has 1 aromatic rings. The third-order valence-electron chi connectivity index (χ3n) is 4.52. The zero-order valence-corrected chi connectivity index (χ0v) is 11.6. The number of carbonyl (C=O) groups excluding carboxylic acids is 1. The Kier molecular flexibility index (Phi) is 3.98. The molecular weight excluding hydrogens is 254 g/mol. The van der Waals surface area contributed by atoms with Crippen LogP contribution in [0.2, 0.25) is 0 Å². The summed E-state index contributed by atoms with van der Waals surface area (Å²) in [6.45, 7) is 1.94. The van der Waals surface area contributed by atoms with E-state index in [4.69, 9.17) is 5.21 Å². The molecule has 5 nitrogen and oxygen atoms in total. The smallest absolute Gasteiger partial charge is 0.276 e. The molecule has 108 valence electrons. The average molecular weight is 275 g/mol. The zero-order chi connectivity index (χ0) is 13.9. The van der Waals surface area contributed by atoms with Crippen LogP contribution in [0.25, 0.3) is 0 Å². The lowest BCUT2D eigenvalue weighted by molar-refractivity contribution is 0.0705. The van der Waals surface area contributed by atoms with Crippen LogP contribution in [0.5, 0.6) is 0 Å². The Bertz CT molecular complexity index is 498. The van der Waals surface area contributed by atoms with Crippen LogP contribution in [0.4, 0.5) is 0 Å². The van der Waals surface area contributed by atoms with Crippen LogP contribution in [-0.2, 0) is 13.0 Å². The number of hydroxylamine groups is 1. The first-order valence-electron chi connectivity index (χ1n) is 7.44. The number of aromatic nitrogens is 1. The largest absolute Gasteiger partial charge is 0.296 e. The summed E-state index contributed by atoms with van der Waals surface area (Å²) in [5.74, 6) is -0.491. The van der Waals surface area contributed by atoms with Crippen LogP contribution >= 0.6 is 0 Å². The van der Waals surface area contributed by atoms with E-state index in [1.807, 2.05) is 6.07 Å². The molecule has 3 rings (SSSR count). The van der Waals surface area contributed by atoms with Gasteiger partial charge in [-0.1, -0.05) is 19.3 Å². The molecule has 2 aliphatic rings. The van der Waals surface area contributed by atoms with E-state index in [0.29, 0.717) is 11.6 Å². The highest BCUT2D eigenvalue weighted by molar-refractivity contribution is 5.93. The highest BCUT2D eigenvalue weighted by Crippen LogP contribution is 2.27. The first kappa shape index (κ1) is 13.5. The summed E-state index contributed by atoms with van der Waals surface area (Å²) in [7, 11) is 0. The summed E-state index contributed by atoms with van der Waals surface area (Å²) >= 11 is 0. The van der Waals surface area contributed by atoms with Crippen molar-refractivity contribution in [3.8, 4) is 0 Å². The molecule has 2 heterocycles. The Hall–Kier alpha value is -1.46. The molecule has 0 spiro atoms. The Morgan fingerprint density at radius 3 is 2.90 bits per heavy atom. The normalized spacial score (nSPS) is 20.4. The summed E-state index contributed by atoms with van der Waals surface area (Å²) in [6.07, 6.45) is 9.11. The van der Waals surface area contributed by atoms with Gasteiger partial charge in [0, 0.05) is 37.4 Å². The topological polar surface area (TPSA) is 65.5 Å². The quantitative estimate of drug-likeness (QED) is 0.639. The van der Waals surface area contributed by atoms with Gasteiger partial charge in [0.2, 0.25) is 0 Å². The standard InChI is InChI=1S/C15H21N3O2/c19-15(17-20)11-8-12-10-18(7-6-14(12)16-9-11)13-4-2-1-3-5-13/h8-9,13,20H,1-7,10H2,(H,17,19). The van der Waals surface area contributed by atoms with Gasteiger partial charge in [-0.15, -0.1) is 0 Å². The summed E-state index contributed by atoms with van der Waals surface area (Å²) in [6, 6.07) is 2.55. The van der Waals surface area contributed by atoms with Crippen LogP contribution in [0.15, 0.2) is 12.3 Å². The molecule has 1 aromatic heterocycles. The molecule has 1 amide bonds. The lowest BCUT2D eigenvalue weighted by Crippen LogP contribution is -2.40. The number of rotatable bonds is 2. The molecular formula is C15H21N3O2. The van der Waals surface area contributed by atoms with Gasteiger partial charge in [0.25, 0.3) is 5.91 Å². The van der Waals surface area contributed by atoms with Gasteiger partial charge in [-0.05, 0) is 24.5 Å². The second-order valence-electron chi connectivity index (χ2n) is 5.78. The van der Waals surface area contributed by atoms with Gasteiger partial charge < -0.3 is 0 Å². The maximum Gasteiger partial charge on any atom is 0.276 e. The molecule has 1 aliphatic carbocycles. The van der Waals surface area contributed by atoms with Crippen LogP contribution in [0.1, 0.15) is 53.7 Å². The first-order chi connectivity index (χ1) is 9.78. The summed E-state index contributed by atoms with van der Waals surface area (Å²) in [5, 5.41) is 8.71. The minimum atomic E-state index is -0.491. The van der Waals surface area contributed by atoms with E-state index in [-0.39, 0.29) is 0 Å². The van der Waals surface area contributed by atoms with Crippen molar-refractivity contribution >= 4 is 5.91 Å². The van der Waals surface area contributed by atoms with Crippen molar-refractivity contribution in [2.75, 3.05) is 6.54 Å². The van der Waals surface area contributed by atoms with E-state index in [2.05, 4.69) is 9.88 Å². The Morgan fingerprint density at radius 1 is 1.35 bits per heavy atom. The van der Waals surface area contributed by atoms with E-state index >= 15 is 0 Å². The van der Waals surface area contributed by atoms with Crippen molar-refractivity contribution in [1.82, 2.24) is 15.4 Å². The van der Waals surface area contributed by atoms with Gasteiger partial charge in [0.05, 0.1) is 5.56 Å². The number of nitrogens with one attached hydrogen (secondary N) is 1. The molecule has 0 aromatic carbocycles. The van der Waals surface area contributed by atoms with Crippen molar-refractivity contribution in [1.29, 1.82) is 0 Å². The predicted molar refractivity (Wildman–Crippen MR) is 74.5 cm³/mol. The summed E-state index contributed by atoms with van der Waals surface area (Å²) in [5.41, 5.74) is 4.31. The van der Waals surface area contributed by atoms with Gasteiger partial charge in [-0.25, -0.2) is 5.48 Å². The van der Waals surface area contributed by atoms with Crippen LogP contribution in [-0.4, -0.2) is 33.6 Å². The fraction of sp³-hybridized carbons (Fsp3) is 0.600. The Labute approximate surface area is 119 Å². The van der Waals surface area contributed by atoms with E-state index in [1.54, 1.807) is 11.7 Å². The predicted octanol–water partition coefficient (Wildman–Crippen LogP) is 1.89.